The first-order valence-corrected chi connectivity index (χ1v) is 6.24. The summed E-state index contributed by atoms with van der Waals surface area (Å²) in [6.45, 7) is 3.70. The first kappa shape index (κ1) is 14.4. The molecule has 1 aromatic rings. The molecule has 1 N–H and O–H groups in total. The molecule has 0 bridgehead atoms. The van der Waals surface area contributed by atoms with E-state index in [1.54, 1.807) is 12.1 Å². The molecule has 1 amide bonds. The SMILES string of the molecule is CON1C(=O)[C@H](Cc2ccc([N+](=O)[O-])cc2)NC1(C)C. The number of nitro benzene ring substituents is 1. The Hall–Kier alpha value is -1.99. The van der Waals surface area contributed by atoms with Gasteiger partial charge in [-0.05, 0) is 25.8 Å². The molecular formula is C13H17N3O4. The van der Waals surface area contributed by atoms with Crippen LogP contribution in [-0.4, -0.2) is 34.7 Å². The van der Waals surface area contributed by atoms with Gasteiger partial charge in [0, 0.05) is 12.1 Å². The predicted molar refractivity (Wildman–Crippen MR) is 71.7 cm³/mol. The highest BCUT2D eigenvalue weighted by atomic mass is 16.7. The molecular weight excluding hydrogens is 262 g/mol. The number of nitro groups is 1. The van der Waals surface area contributed by atoms with Gasteiger partial charge in [0.25, 0.3) is 11.6 Å². The van der Waals surface area contributed by atoms with Gasteiger partial charge in [-0.2, -0.15) is 0 Å². The molecule has 0 aromatic heterocycles. The summed E-state index contributed by atoms with van der Waals surface area (Å²) < 4.78 is 0. The summed E-state index contributed by atoms with van der Waals surface area (Å²) in [5, 5.41) is 15.1. The smallest absolute Gasteiger partial charge is 0.269 e. The Balaban J connectivity index is 2.11. The first-order valence-electron chi connectivity index (χ1n) is 6.24. The number of hydrogen-bond donors (Lipinski definition) is 1. The van der Waals surface area contributed by atoms with Crippen LogP contribution in [0, 0.1) is 10.1 Å². The fourth-order valence-corrected chi connectivity index (χ4v) is 2.41. The average Bonchev–Trinajstić information content (AvgIpc) is 2.59. The maximum absolute atomic E-state index is 12.2. The van der Waals surface area contributed by atoms with Crippen LogP contribution in [0.25, 0.3) is 0 Å². The van der Waals surface area contributed by atoms with Crippen LogP contribution in [0.1, 0.15) is 19.4 Å². The van der Waals surface area contributed by atoms with E-state index in [1.807, 2.05) is 13.8 Å². The van der Waals surface area contributed by atoms with E-state index in [2.05, 4.69) is 5.32 Å². The summed E-state index contributed by atoms with van der Waals surface area (Å²) >= 11 is 0. The zero-order chi connectivity index (χ0) is 14.9. The second-order valence-electron chi connectivity index (χ2n) is 5.20. The summed E-state index contributed by atoms with van der Waals surface area (Å²) in [7, 11) is 1.45. The molecule has 1 heterocycles. The lowest BCUT2D eigenvalue weighted by Gasteiger charge is -2.28. The highest BCUT2D eigenvalue weighted by Crippen LogP contribution is 2.23. The standard InChI is InChI=1S/C13H17N3O4/c1-13(2)14-11(12(17)15(13)20-3)8-9-4-6-10(7-5-9)16(18)19/h4-7,11,14H,8H2,1-3H3/t11-/m0/s1. The van der Waals surface area contributed by atoms with Crippen molar-refractivity contribution in [3.05, 3.63) is 39.9 Å². The molecule has 1 aliphatic rings. The van der Waals surface area contributed by atoms with E-state index in [0.29, 0.717) is 6.42 Å². The van der Waals surface area contributed by atoms with Crippen LogP contribution in [0.15, 0.2) is 24.3 Å². The third-order valence-electron chi connectivity index (χ3n) is 3.30. The van der Waals surface area contributed by atoms with Crippen molar-refractivity contribution in [3.63, 3.8) is 0 Å². The molecule has 108 valence electrons. The van der Waals surface area contributed by atoms with Gasteiger partial charge >= 0.3 is 0 Å². The summed E-state index contributed by atoms with van der Waals surface area (Å²) in [6, 6.07) is 5.80. The van der Waals surface area contributed by atoms with Crippen molar-refractivity contribution in [1.29, 1.82) is 0 Å². The van der Waals surface area contributed by atoms with E-state index < -0.39 is 16.6 Å². The van der Waals surface area contributed by atoms with Crippen LogP contribution < -0.4 is 5.32 Å². The van der Waals surface area contributed by atoms with Crippen molar-refractivity contribution in [2.75, 3.05) is 7.11 Å². The second-order valence-corrected chi connectivity index (χ2v) is 5.20. The van der Waals surface area contributed by atoms with Gasteiger partial charge in [-0.25, -0.2) is 5.06 Å². The van der Waals surface area contributed by atoms with Crippen LogP contribution in [0.3, 0.4) is 0 Å². The molecule has 0 spiro atoms. The first-order chi connectivity index (χ1) is 9.35. The molecule has 7 heteroatoms. The number of rotatable bonds is 4. The van der Waals surface area contributed by atoms with Crippen molar-refractivity contribution >= 4 is 11.6 Å². The number of hydrogen-bond acceptors (Lipinski definition) is 5. The Labute approximate surface area is 116 Å². The highest BCUT2D eigenvalue weighted by molar-refractivity contribution is 5.84. The minimum absolute atomic E-state index is 0.0401. The monoisotopic (exact) mass is 279 g/mol. The Morgan fingerprint density at radius 1 is 1.40 bits per heavy atom. The number of non-ortho nitro benzene ring substituents is 1. The highest BCUT2D eigenvalue weighted by Gasteiger charge is 2.44. The minimum atomic E-state index is -0.572. The Morgan fingerprint density at radius 2 is 2.00 bits per heavy atom. The summed E-state index contributed by atoms with van der Waals surface area (Å²) in [6.07, 6.45) is 0.458. The van der Waals surface area contributed by atoms with Crippen molar-refractivity contribution in [3.8, 4) is 0 Å². The van der Waals surface area contributed by atoms with E-state index in [9.17, 15) is 14.9 Å². The number of nitrogens with zero attached hydrogens (tertiary/aromatic N) is 2. The molecule has 2 rings (SSSR count). The van der Waals surface area contributed by atoms with E-state index >= 15 is 0 Å². The van der Waals surface area contributed by atoms with Gasteiger partial charge in [-0.3, -0.25) is 25.1 Å². The van der Waals surface area contributed by atoms with Crippen LogP contribution in [0.4, 0.5) is 5.69 Å². The van der Waals surface area contributed by atoms with Crippen LogP contribution in [-0.2, 0) is 16.1 Å². The van der Waals surface area contributed by atoms with Crippen LogP contribution in [0.2, 0.25) is 0 Å². The molecule has 0 aliphatic carbocycles. The fourth-order valence-electron chi connectivity index (χ4n) is 2.41. The number of hydroxylamine groups is 2. The van der Waals surface area contributed by atoms with E-state index in [1.165, 1.54) is 24.3 Å². The lowest BCUT2D eigenvalue weighted by Crippen LogP contribution is -2.46. The molecule has 1 fully saturated rings. The van der Waals surface area contributed by atoms with Gasteiger partial charge in [-0.15, -0.1) is 0 Å². The average molecular weight is 279 g/mol. The van der Waals surface area contributed by atoms with Gasteiger partial charge in [0.1, 0.15) is 5.66 Å². The summed E-state index contributed by atoms with van der Waals surface area (Å²) in [4.78, 5) is 27.4. The maximum atomic E-state index is 12.2. The normalized spacial score (nSPS) is 21.2. The third kappa shape index (κ3) is 2.63. The zero-order valence-corrected chi connectivity index (χ0v) is 11.6. The molecule has 0 radical (unpaired) electrons. The molecule has 1 aromatic carbocycles. The fraction of sp³-hybridized carbons (Fsp3) is 0.462. The Kier molecular flexibility index (Phi) is 3.74. The van der Waals surface area contributed by atoms with E-state index in [4.69, 9.17) is 4.84 Å². The number of amides is 1. The molecule has 0 saturated carbocycles. The maximum Gasteiger partial charge on any atom is 0.269 e. The van der Waals surface area contributed by atoms with E-state index in [0.717, 1.165) is 5.56 Å². The van der Waals surface area contributed by atoms with Crippen molar-refractivity contribution < 1.29 is 14.6 Å². The molecule has 1 aliphatic heterocycles. The zero-order valence-electron chi connectivity index (χ0n) is 11.6. The molecule has 20 heavy (non-hydrogen) atoms. The van der Waals surface area contributed by atoms with Gasteiger partial charge in [0.15, 0.2) is 0 Å². The number of benzene rings is 1. The van der Waals surface area contributed by atoms with Gasteiger partial charge in [-0.1, -0.05) is 12.1 Å². The largest absolute Gasteiger partial charge is 0.281 e. The molecule has 1 atom stereocenters. The van der Waals surface area contributed by atoms with Crippen molar-refractivity contribution in [2.45, 2.75) is 32.0 Å². The van der Waals surface area contributed by atoms with Crippen LogP contribution in [0.5, 0.6) is 0 Å². The molecule has 7 nitrogen and oxygen atoms in total. The van der Waals surface area contributed by atoms with Gasteiger partial charge in [0.2, 0.25) is 0 Å². The Morgan fingerprint density at radius 3 is 2.45 bits per heavy atom. The molecule has 0 unspecified atom stereocenters. The van der Waals surface area contributed by atoms with Crippen molar-refractivity contribution in [1.82, 2.24) is 10.4 Å². The van der Waals surface area contributed by atoms with E-state index in [-0.39, 0.29) is 11.6 Å². The van der Waals surface area contributed by atoms with Gasteiger partial charge < -0.3 is 0 Å². The Bertz CT molecular complexity index is 527. The van der Waals surface area contributed by atoms with Gasteiger partial charge in [0.05, 0.1) is 18.1 Å². The van der Waals surface area contributed by atoms with Crippen molar-refractivity contribution in [2.24, 2.45) is 0 Å². The summed E-state index contributed by atoms with van der Waals surface area (Å²) in [5.41, 5.74) is 0.325. The van der Waals surface area contributed by atoms with Crippen LogP contribution >= 0.6 is 0 Å². The predicted octanol–water partition coefficient (Wildman–Crippen LogP) is 1.24. The lowest BCUT2D eigenvalue weighted by molar-refractivity contribution is -0.384. The number of carbonyl (C=O) groups excluding carboxylic acids is 1. The minimum Gasteiger partial charge on any atom is -0.281 e. The molecule has 1 saturated heterocycles. The lowest BCUT2D eigenvalue weighted by atomic mass is 10.1. The number of carbonyl (C=O) groups is 1. The quantitative estimate of drug-likeness (QED) is 0.662. The second kappa shape index (κ2) is 5.18. The summed E-state index contributed by atoms with van der Waals surface area (Å²) in [5.74, 6) is -0.143. The topological polar surface area (TPSA) is 84.7 Å². The number of nitrogens with one attached hydrogen (secondary N) is 1. The third-order valence-corrected chi connectivity index (χ3v) is 3.30.